The van der Waals surface area contributed by atoms with Crippen LogP contribution in [0.15, 0.2) is 28.7 Å². The molecule has 0 radical (unpaired) electrons. The van der Waals surface area contributed by atoms with Crippen LogP contribution in [-0.2, 0) is 0 Å². The van der Waals surface area contributed by atoms with Gasteiger partial charge in [0.05, 0.1) is 0 Å². The van der Waals surface area contributed by atoms with Gasteiger partial charge in [-0.2, -0.15) is 0 Å². The van der Waals surface area contributed by atoms with Crippen LogP contribution < -0.4 is 0 Å². The number of aromatic nitrogens is 1. The Bertz CT molecular complexity index is 570. The molecular weight excluding hydrogens is 280 g/mol. The maximum Gasteiger partial charge on any atom is 0.270 e. The summed E-state index contributed by atoms with van der Waals surface area (Å²) in [4.78, 5) is 17.3. The number of benzene rings is 1. The van der Waals surface area contributed by atoms with Crippen molar-refractivity contribution < 1.29 is 4.79 Å². The van der Waals surface area contributed by atoms with Crippen LogP contribution in [0.4, 0.5) is 0 Å². The Morgan fingerprint density at radius 2 is 2.06 bits per heavy atom. The average molecular weight is 293 g/mol. The quantitative estimate of drug-likeness (QED) is 0.861. The van der Waals surface area contributed by atoms with Crippen molar-refractivity contribution in [2.75, 3.05) is 13.1 Å². The van der Waals surface area contributed by atoms with Crippen molar-refractivity contribution in [3.05, 3.63) is 34.4 Å². The number of rotatable bonds is 1. The summed E-state index contributed by atoms with van der Waals surface area (Å²) in [6.07, 6.45) is 2.24. The fourth-order valence-electron chi connectivity index (χ4n) is 2.32. The number of nitrogens with zero attached hydrogens (tertiary/aromatic N) is 1. The summed E-state index contributed by atoms with van der Waals surface area (Å²) in [6, 6.07) is 7.87. The number of halogens is 1. The van der Waals surface area contributed by atoms with Crippen LogP contribution in [0.25, 0.3) is 10.9 Å². The SMILES string of the molecule is O=C(c1cc2c(Br)cccc2[nH]1)N1CCCC1. The lowest BCUT2D eigenvalue weighted by Crippen LogP contribution is -2.27. The van der Waals surface area contributed by atoms with Gasteiger partial charge in [-0.3, -0.25) is 4.79 Å². The van der Waals surface area contributed by atoms with E-state index in [1.165, 1.54) is 0 Å². The molecule has 1 amide bonds. The molecule has 0 spiro atoms. The number of hydrogen-bond acceptors (Lipinski definition) is 1. The highest BCUT2D eigenvalue weighted by atomic mass is 79.9. The smallest absolute Gasteiger partial charge is 0.270 e. The van der Waals surface area contributed by atoms with E-state index in [1.807, 2.05) is 29.2 Å². The summed E-state index contributed by atoms with van der Waals surface area (Å²) in [5.74, 6) is 0.116. The van der Waals surface area contributed by atoms with Gasteiger partial charge in [-0.05, 0) is 31.0 Å². The summed E-state index contributed by atoms with van der Waals surface area (Å²) in [7, 11) is 0. The minimum atomic E-state index is 0.116. The van der Waals surface area contributed by atoms with Crippen molar-refractivity contribution in [3.63, 3.8) is 0 Å². The van der Waals surface area contributed by atoms with E-state index in [-0.39, 0.29) is 5.91 Å². The highest BCUT2D eigenvalue weighted by Crippen LogP contribution is 2.25. The molecule has 0 bridgehead atoms. The van der Waals surface area contributed by atoms with E-state index < -0.39 is 0 Å². The average Bonchev–Trinajstić information content (AvgIpc) is 2.98. The van der Waals surface area contributed by atoms with Crippen LogP contribution in [0.5, 0.6) is 0 Å². The number of carbonyl (C=O) groups is 1. The summed E-state index contributed by atoms with van der Waals surface area (Å²) in [5.41, 5.74) is 1.69. The molecule has 0 saturated carbocycles. The van der Waals surface area contributed by atoms with Crippen LogP contribution >= 0.6 is 15.9 Å². The van der Waals surface area contributed by atoms with E-state index in [9.17, 15) is 4.79 Å². The number of nitrogens with one attached hydrogen (secondary N) is 1. The first-order chi connectivity index (χ1) is 8.25. The molecule has 17 heavy (non-hydrogen) atoms. The fraction of sp³-hybridized carbons (Fsp3) is 0.308. The maximum atomic E-state index is 12.2. The molecular formula is C13H13BrN2O. The topological polar surface area (TPSA) is 36.1 Å². The van der Waals surface area contributed by atoms with Crippen molar-refractivity contribution >= 4 is 32.7 Å². The number of carbonyl (C=O) groups excluding carboxylic acids is 1. The van der Waals surface area contributed by atoms with Gasteiger partial charge in [0.2, 0.25) is 0 Å². The van der Waals surface area contributed by atoms with Gasteiger partial charge in [-0.1, -0.05) is 22.0 Å². The monoisotopic (exact) mass is 292 g/mol. The highest BCUT2D eigenvalue weighted by molar-refractivity contribution is 9.10. The first-order valence-electron chi connectivity index (χ1n) is 5.82. The van der Waals surface area contributed by atoms with Gasteiger partial charge in [0.25, 0.3) is 5.91 Å². The largest absolute Gasteiger partial charge is 0.350 e. The molecule has 3 nitrogen and oxygen atoms in total. The van der Waals surface area contributed by atoms with E-state index in [1.54, 1.807) is 0 Å². The first kappa shape index (κ1) is 10.8. The Balaban J connectivity index is 2.00. The van der Waals surface area contributed by atoms with E-state index in [2.05, 4.69) is 20.9 Å². The molecule has 1 aromatic heterocycles. The summed E-state index contributed by atoms with van der Waals surface area (Å²) >= 11 is 3.50. The summed E-state index contributed by atoms with van der Waals surface area (Å²) < 4.78 is 1.02. The number of amides is 1. The number of likely N-dealkylation sites (tertiary alicyclic amines) is 1. The lowest BCUT2D eigenvalue weighted by molar-refractivity contribution is 0.0788. The molecule has 1 aromatic carbocycles. The number of H-pyrrole nitrogens is 1. The minimum Gasteiger partial charge on any atom is -0.350 e. The van der Waals surface area contributed by atoms with E-state index in [4.69, 9.17) is 0 Å². The second-order valence-corrected chi connectivity index (χ2v) is 5.24. The molecule has 1 aliphatic heterocycles. The van der Waals surface area contributed by atoms with Crippen LogP contribution in [0.1, 0.15) is 23.3 Å². The number of hydrogen-bond donors (Lipinski definition) is 1. The second kappa shape index (κ2) is 4.18. The van der Waals surface area contributed by atoms with Gasteiger partial charge >= 0.3 is 0 Å². The van der Waals surface area contributed by atoms with Crippen molar-refractivity contribution in [1.82, 2.24) is 9.88 Å². The minimum absolute atomic E-state index is 0.116. The van der Waals surface area contributed by atoms with Crippen LogP contribution in [0.3, 0.4) is 0 Å². The third kappa shape index (κ3) is 1.86. The van der Waals surface area contributed by atoms with Gasteiger partial charge in [0.15, 0.2) is 0 Å². The van der Waals surface area contributed by atoms with Crippen molar-refractivity contribution in [1.29, 1.82) is 0 Å². The Kier molecular flexibility index (Phi) is 2.67. The third-order valence-electron chi connectivity index (χ3n) is 3.23. The number of aromatic amines is 1. The Morgan fingerprint density at radius 3 is 2.76 bits per heavy atom. The molecule has 2 heterocycles. The molecule has 1 N–H and O–H groups in total. The van der Waals surface area contributed by atoms with E-state index in [0.29, 0.717) is 5.69 Å². The molecule has 1 aliphatic rings. The number of fused-ring (bicyclic) bond motifs is 1. The molecule has 1 saturated heterocycles. The molecule has 88 valence electrons. The Labute approximate surface area is 108 Å². The zero-order valence-electron chi connectivity index (χ0n) is 9.37. The molecule has 0 aliphatic carbocycles. The van der Waals surface area contributed by atoms with Gasteiger partial charge in [-0.25, -0.2) is 0 Å². The second-order valence-electron chi connectivity index (χ2n) is 4.38. The molecule has 0 atom stereocenters. The first-order valence-corrected chi connectivity index (χ1v) is 6.61. The predicted molar refractivity (Wildman–Crippen MR) is 71.1 cm³/mol. The molecule has 0 unspecified atom stereocenters. The van der Waals surface area contributed by atoms with E-state index >= 15 is 0 Å². The molecule has 1 fully saturated rings. The van der Waals surface area contributed by atoms with Crippen molar-refractivity contribution in [2.24, 2.45) is 0 Å². The third-order valence-corrected chi connectivity index (χ3v) is 3.93. The summed E-state index contributed by atoms with van der Waals surface area (Å²) in [6.45, 7) is 1.77. The van der Waals surface area contributed by atoms with Gasteiger partial charge < -0.3 is 9.88 Å². The normalized spacial score (nSPS) is 15.7. The van der Waals surface area contributed by atoms with Gasteiger partial charge in [-0.15, -0.1) is 0 Å². The van der Waals surface area contributed by atoms with E-state index in [0.717, 1.165) is 41.3 Å². The summed E-state index contributed by atoms with van der Waals surface area (Å²) in [5, 5.41) is 1.06. The maximum absolute atomic E-state index is 12.2. The predicted octanol–water partition coefficient (Wildman–Crippen LogP) is 3.17. The van der Waals surface area contributed by atoms with Crippen LogP contribution in [0.2, 0.25) is 0 Å². The van der Waals surface area contributed by atoms with Crippen molar-refractivity contribution in [3.8, 4) is 0 Å². The molecule has 2 aromatic rings. The van der Waals surface area contributed by atoms with Crippen LogP contribution in [0, 0.1) is 0 Å². The van der Waals surface area contributed by atoms with Crippen LogP contribution in [-0.4, -0.2) is 28.9 Å². The fourth-order valence-corrected chi connectivity index (χ4v) is 2.80. The Hall–Kier alpha value is -1.29. The zero-order chi connectivity index (χ0) is 11.8. The lowest BCUT2D eigenvalue weighted by atomic mass is 10.2. The lowest BCUT2D eigenvalue weighted by Gasteiger charge is -2.13. The Morgan fingerprint density at radius 1 is 1.29 bits per heavy atom. The molecule has 4 heteroatoms. The van der Waals surface area contributed by atoms with Gasteiger partial charge in [0.1, 0.15) is 5.69 Å². The molecule has 3 rings (SSSR count). The zero-order valence-corrected chi connectivity index (χ0v) is 11.0. The standard InChI is InChI=1S/C13H13BrN2O/c14-10-4-3-5-11-9(10)8-12(15-11)13(17)16-6-1-2-7-16/h3-5,8,15H,1-2,6-7H2. The highest BCUT2D eigenvalue weighted by Gasteiger charge is 2.21. The van der Waals surface area contributed by atoms with Crippen molar-refractivity contribution in [2.45, 2.75) is 12.8 Å². The van der Waals surface area contributed by atoms with Gasteiger partial charge in [0, 0.05) is 28.5 Å².